The van der Waals surface area contributed by atoms with Crippen molar-refractivity contribution < 1.29 is 26.3 Å². The molecule has 0 aliphatic carbocycles. The van der Waals surface area contributed by atoms with Crippen LogP contribution in [0.4, 0.5) is 43.4 Å². The summed E-state index contributed by atoms with van der Waals surface area (Å²) in [4.78, 5) is 0. The van der Waals surface area contributed by atoms with Gasteiger partial charge in [0.1, 0.15) is 0 Å². The number of alkyl halides is 6. The van der Waals surface area contributed by atoms with Crippen LogP contribution in [0.15, 0.2) is 36.4 Å². The van der Waals surface area contributed by atoms with Crippen molar-refractivity contribution in [2.24, 2.45) is 0 Å². The average Bonchev–Trinajstić information content (AvgIpc) is 2.40. The van der Waals surface area contributed by atoms with Crippen molar-refractivity contribution in [1.29, 1.82) is 0 Å². The summed E-state index contributed by atoms with van der Waals surface area (Å²) in [7, 11) is 0. The Labute approximate surface area is 131 Å². The van der Waals surface area contributed by atoms with Crippen molar-refractivity contribution in [2.45, 2.75) is 12.4 Å². The van der Waals surface area contributed by atoms with E-state index in [-0.39, 0.29) is 11.4 Å². The van der Waals surface area contributed by atoms with Crippen molar-refractivity contribution >= 4 is 28.7 Å². The Morgan fingerprint density at radius 3 is 2.00 bits per heavy atom. The zero-order valence-electron chi connectivity index (χ0n) is 11.2. The zero-order chi connectivity index (χ0) is 17.4. The maximum atomic E-state index is 13.0. The molecule has 0 aliphatic heterocycles. The third-order valence-electron chi connectivity index (χ3n) is 2.90. The first-order valence-corrected chi connectivity index (χ1v) is 6.47. The van der Waals surface area contributed by atoms with Crippen molar-refractivity contribution in [3.63, 3.8) is 0 Å². The standard InChI is InChI=1S/C14H9ClF6N2/c15-11-3-2-8(6-9(11)13(16,17)18)23-12-4-1-7(22)5-10(12)14(19,20)21/h1-6,23H,22H2. The van der Waals surface area contributed by atoms with Crippen molar-refractivity contribution in [2.75, 3.05) is 11.1 Å². The van der Waals surface area contributed by atoms with Gasteiger partial charge in [0.2, 0.25) is 0 Å². The van der Waals surface area contributed by atoms with Crippen LogP contribution >= 0.6 is 11.6 Å². The molecule has 23 heavy (non-hydrogen) atoms. The summed E-state index contributed by atoms with van der Waals surface area (Å²) in [5.74, 6) is 0. The van der Waals surface area contributed by atoms with Crippen molar-refractivity contribution in [3.05, 3.63) is 52.5 Å². The van der Waals surface area contributed by atoms with E-state index >= 15 is 0 Å². The van der Waals surface area contributed by atoms with Gasteiger partial charge in [-0.1, -0.05) is 11.6 Å². The molecule has 0 fully saturated rings. The van der Waals surface area contributed by atoms with E-state index in [9.17, 15) is 26.3 Å². The molecule has 2 aromatic carbocycles. The predicted molar refractivity (Wildman–Crippen MR) is 75.6 cm³/mol. The van der Waals surface area contributed by atoms with E-state index < -0.39 is 34.2 Å². The minimum atomic E-state index is -4.72. The number of anilines is 3. The highest BCUT2D eigenvalue weighted by atomic mass is 35.5. The molecule has 0 atom stereocenters. The lowest BCUT2D eigenvalue weighted by atomic mass is 10.1. The molecule has 0 amide bonds. The summed E-state index contributed by atoms with van der Waals surface area (Å²) in [6.07, 6.45) is -9.43. The number of nitrogen functional groups attached to an aromatic ring is 1. The number of rotatable bonds is 2. The topological polar surface area (TPSA) is 38.0 Å². The summed E-state index contributed by atoms with van der Waals surface area (Å²) < 4.78 is 77.2. The Bertz CT molecular complexity index is 724. The predicted octanol–water partition coefficient (Wildman–Crippen LogP) is 5.70. The van der Waals surface area contributed by atoms with E-state index in [2.05, 4.69) is 5.32 Å². The third-order valence-corrected chi connectivity index (χ3v) is 3.23. The first-order valence-electron chi connectivity index (χ1n) is 6.09. The summed E-state index contributed by atoms with van der Waals surface area (Å²) in [6.45, 7) is 0. The van der Waals surface area contributed by atoms with Crippen LogP contribution in [-0.2, 0) is 12.4 Å². The highest BCUT2D eigenvalue weighted by Crippen LogP contribution is 2.39. The fourth-order valence-electron chi connectivity index (χ4n) is 1.88. The molecule has 9 heteroatoms. The zero-order valence-corrected chi connectivity index (χ0v) is 11.9. The second-order valence-corrected chi connectivity index (χ2v) is 5.03. The number of halogens is 7. The molecule has 124 valence electrons. The van der Waals surface area contributed by atoms with Crippen LogP contribution in [-0.4, -0.2) is 0 Å². The summed E-state index contributed by atoms with van der Waals surface area (Å²) in [5, 5.41) is 1.77. The van der Waals surface area contributed by atoms with Crippen LogP contribution in [0, 0.1) is 0 Å². The molecule has 0 unspecified atom stereocenters. The number of benzene rings is 2. The van der Waals surface area contributed by atoms with Crippen molar-refractivity contribution in [1.82, 2.24) is 0 Å². The normalized spacial score (nSPS) is 12.3. The Morgan fingerprint density at radius 1 is 0.826 bits per heavy atom. The Morgan fingerprint density at radius 2 is 1.43 bits per heavy atom. The molecule has 0 aromatic heterocycles. The molecule has 0 spiro atoms. The molecule has 3 N–H and O–H groups in total. The van der Waals surface area contributed by atoms with Gasteiger partial charge in [-0.3, -0.25) is 0 Å². The molecule has 0 bridgehead atoms. The lowest BCUT2D eigenvalue weighted by Gasteiger charge is -2.16. The van der Waals surface area contributed by atoms with E-state index in [0.29, 0.717) is 12.1 Å². The SMILES string of the molecule is Nc1ccc(Nc2ccc(Cl)c(C(F)(F)F)c2)c(C(F)(F)F)c1. The molecule has 0 saturated carbocycles. The minimum absolute atomic E-state index is 0.116. The maximum Gasteiger partial charge on any atom is 0.418 e. The van der Waals surface area contributed by atoms with Gasteiger partial charge < -0.3 is 11.1 Å². The lowest BCUT2D eigenvalue weighted by molar-refractivity contribution is -0.138. The molecule has 0 radical (unpaired) electrons. The number of nitrogens with one attached hydrogen (secondary N) is 1. The Hall–Kier alpha value is -2.09. The fourth-order valence-corrected chi connectivity index (χ4v) is 2.11. The van der Waals surface area contributed by atoms with Crippen molar-refractivity contribution in [3.8, 4) is 0 Å². The molecule has 0 aliphatic rings. The van der Waals surface area contributed by atoms with Gasteiger partial charge in [-0.15, -0.1) is 0 Å². The molecule has 0 saturated heterocycles. The molecular weight excluding hydrogens is 346 g/mol. The van der Waals surface area contributed by atoms with Gasteiger partial charge in [0.15, 0.2) is 0 Å². The monoisotopic (exact) mass is 354 g/mol. The third kappa shape index (κ3) is 4.01. The van der Waals surface area contributed by atoms with Gasteiger partial charge >= 0.3 is 12.4 Å². The molecule has 2 nitrogen and oxygen atoms in total. The fraction of sp³-hybridized carbons (Fsp3) is 0.143. The number of hydrogen-bond donors (Lipinski definition) is 2. The summed E-state index contributed by atoms with van der Waals surface area (Å²) in [5.41, 5.74) is 2.38. The summed E-state index contributed by atoms with van der Waals surface area (Å²) >= 11 is 5.46. The van der Waals surface area contributed by atoms with E-state index in [0.717, 1.165) is 18.2 Å². The van der Waals surface area contributed by atoms with Gasteiger partial charge in [-0.2, -0.15) is 26.3 Å². The largest absolute Gasteiger partial charge is 0.418 e. The molecule has 2 rings (SSSR count). The Kier molecular flexibility index (Phi) is 4.39. The van der Waals surface area contributed by atoms with Gasteiger partial charge in [0, 0.05) is 11.4 Å². The maximum absolute atomic E-state index is 13.0. The molecule has 2 aromatic rings. The highest BCUT2D eigenvalue weighted by molar-refractivity contribution is 6.31. The number of hydrogen-bond acceptors (Lipinski definition) is 2. The Balaban J connectivity index is 2.45. The van der Waals surface area contributed by atoms with E-state index in [1.807, 2.05) is 0 Å². The lowest BCUT2D eigenvalue weighted by Crippen LogP contribution is -2.10. The van der Waals surface area contributed by atoms with Crippen LogP contribution < -0.4 is 11.1 Å². The minimum Gasteiger partial charge on any atom is -0.399 e. The highest BCUT2D eigenvalue weighted by Gasteiger charge is 2.35. The molecular formula is C14H9ClF6N2. The first-order chi connectivity index (χ1) is 10.5. The van der Waals surface area contributed by atoms with E-state index in [1.165, 1.54) is 6.07 Å². The van der Waals surface area contributed by atoms with E-state index in [1.54, 1.807) is 0 Å². The van der Waals surface area contributed by atoms with Crippen LogP contribution in [0.5, 0.6) is 0 Å². The first kappa shape index (κ1) is 17.3. The quantitative estimate of drug-likeness (QED) is 0.536. The van der Waals surface area contributed by atoms with Crippen LogP contribution in [0.25, 0.3) is 0 Å². The van der Waals surface area contributed by atoms with E-state index in [4.69, 9.17) is 17.3 Å². The molecule has 0 heterocycles. The second kappa shape index (κ2) is 5.84. The summed E-state index contributed by atoms with van der Waals surface area (Å²) in [6, 6.07) is 5.69. The average molecular weight is 355 g/mol. The van der Waals surface area contributed by atoms with Crippen LogP contribution in [0.2, 0.25) is 5.02 Å². The van der Waals surface area contributed by atoms with Crippen LogP contribution in [0.1, 0.15) is 11.1 Å². The van der Waals surface area contributed by atoms with Gasteiger partial charge in [-0.25, -0.2) is 0 Å². The smallest absolute Gasteiger partial charge is 0.399 e. The van der Waals surface area contributed by atoms with Crippen LogP contribution in [0.3, 0.4) is 0 Å². The van der Waals surface area contributed by atoms with Gasteiger partial charge in [0.25, 0.3) is 0 Å². The second-order valence-electron chi connectivity index (χ2n) is 4.62. The van der Waals surface area contributed by atoms with Gasteiger partial charge in [0.05, 0.1) is 21.8 Å². The van der Waals surface area contributed by atoms with Gasteiger partial charge in [-0.05, 0) is 36.4 Å². The number of nitrogens with two attached hydrogens (primary N) is 1.